The van der Waals surface area contributed by atoms with Gasteiger partial charge in [-0.25, -0.2) is 9.97 Å². The second kappa shape index (κ2) is 4.84. The fraction of sp³-hybridized carbons (Fsp3) is 0.714. The molecule has 0 aliphatic heterocycles. The Morgan fingerprint density at radius 1 is 1.22 bits per heavy atom. The highest BCUT2D eigenvalue weighted by Crippen LogP contribution is 2.27. The lowest BCUT2D eigenvalue weighted by molar-refractivity contribution is 0.660. The number of hydrogen-bond donors (Lipinski definition) is 2. The predicted octanol–water partition coefficient (Wildman–Crippen LogP) is 2.43. The summed E-state index contributed by atoms with van der Waals surface area (Å²) in [5, 5.41) is 7.07. The van der Waals surface area contributed by atoms with Gasteiger partial charge in [-0.15, -0.1) is 0 Å². The molecule has 0 unspecified atom stereocenters. The monoisotopic (exact) mass is 246 g/mol. The number of nitrogens with zero attached hydrogens (tertiary/aromatic N) is 2. The van der Waals surface area contributed by atoms with Crippen LogP contribution in [-0.4, -0.2) is 22.1 Å². The Kier molecular flexibility index (Phi) is 3.20. The lowest BCUT2D eigenvalue weighted by Crippen LogP contribution is -2.19. The van der Waals surface area contributed by atoms with Crippen molar-refractivity contribution in [2.45, 2.75) is 64.1 Å². The SMILES string of the molecule is CC(C)c1ncc(NC2CC2)c(CNC2CC2)n1. The van der Waals surface area contributed by atoms with Crippen molar-refractivity contribution < 1.29 is 0 Å². The van der Waals surface area contributed by atoms with Gasteiger partial charge in [0.05, 0.1) is 17.6 Å². The van der Waals surface area contributed by atoms with E-state index in [-0.39, 0.29) is 0 Å². The largest absolute Gasteiger partial charge is 0.380 e. The molecule has 3 rings (SSSR count). The zero-order valence-corrected chi connectivity index (χ0v) is 11.2. The zero-order chi connectivity index (χ0) is 12.5. The average molecular weight is 246 g/mol. The Morgan fingerprint density at radius 3 is 2.56 bits per heavy atom. The topological polar surface area (TPSA) is 49.8 Å². The lowest BCUT2D eigenvalue weighted by atomic mass is 10.2. The van der Waals surface area contributed by atoms with Crippen LogP contribution in [0.25, 0.3) is 0 Å². The van der Waals surface area contributed by atoms with Crippen molar-refractivity contribution >= 4 is 5.69 Å². The maximum Gasteiger partial charge on any atom is 0.131 e. The van der Waals surface area contributed by atoms with Crippen LogP contribution in [0.2, 0.25) is 0 Å². The molecule has 1 heterocycles. The highest BCUT2D eigenvalue weighted by Gasteiger charge is 2.24. The van der Waals surface area contributed by atoms with Gasteiger partial charge in [0.25, 0.3) is 0 Å². The number of aromatic nitrogens is 2. The van der Waals surface area contributed by atoms with Gasteiger partial charge in [-0.1, -0.05) is 13.8 Å². The third-order valence-corrected chi connectivity index (χ3v) is 3.48. The molecule has 0 amide bonds. The number of nitrogens with one attached hydrogen (secondary N) is 2. The Balaban J connectivity index is 1.75. The highest BCUT2D eigenvalue weighted by molar-refractivity contribution is 5.48. The molecule has 1 aromatic heterocycles. The fourth-order valence-electron chi connectivity index (χ4n) is 1.94. The molecule has 18 heavy (non-hydrogen) atoms. The Labute approximate surface area is 109 Å². The van der Waals surface area contributed by atoms with Gasteiger partial charge in [0, 0.05) is 24.5 Å². The van der Waals surface area contributed by atoms with Crippen molar-refractivity contribution in [3.63, 3.8) is 0 Å². The van der Waals surface area contributed by atoms with E-state index < -0.39 is 0 Å². The summed E-state index contributed by atoms with van der Waals surface area (Å²) in [7, 11) is 0. The van der Waals surface area contributed by atoms with Crippen molar-refractivity contribution in [2.75, 3.05) is 5.32 Å². The van der Waals surface area contributed by atoms with Crippen LogP contribution >= 0.6 is 0 Å². The molecule has 1 aromatic rings. The van der Waals surface area contributed by atoms with Gasteiger partial charge in [0.15, 0.2) is 0 Å². The summed E-state index contributed by atoms with van der Waals surface area (Å²) >= 11 is 0. The first-order valence-electron chi connectivity index (χ1n) is 7.08. The van der Waals surface area contributed by atoms with Crippen molar-refractivity contribution in [3.05, 3.63) is 17.7 Å². The van der Waals surface area contributed by atoms with Crippen LogP contribution in [0, 0.1) is 0 Å². The minimum Gasteiger partial charge on any atom is -0.380 e. The number of hydrogen-bond acceptors (Lipinski definition) is 4. The van der Waals surface area contributed by atoms with Crippen LogP contribution in [-0.2, 0) is 6.54 Å². The third kappa shape index (κ3) is 2.99. The molecular weight excluding hydrogens is 224 g/mol. The van der Waals surface area contributed by atoms with Gasteiger partial charge in [0.1, 0.15) is 5.82 Å². The smallest absolute Gasteiger partial charge is 0.131 e. The van der Waals surface area contributed by atoms with Crippen LogP contribution in [0.3, 0.4) is 0 Å². The highest BCUT2D eigenvalue weighted by atomic mass is 15.0. The third-order valence-electron chi connectivity index (χ3n) is 3.48. The van der Waals surface area contributed by atoms with E-state index in [0.29, 0.717) is 12.0 Å². The van der Waals surface area contributed by atoms with Crippen LogP contribution < -0.4 is 10.6 Å². The van der Waals surface area contributed by atoms with Crippen LogP contribution in [0.15, 0.2) is 6.20 Å². The Morgan fingerprint density at radius 2 is 1.94 bits per heavy atom. The summed E-state index contributed by atoms with van der Waals surface area (Å²) in [6.45, 7) is 5.14. The van der Waals surface area contributed by atoms with E-state index in [4.69, 9.17) is 4.98 Å². The van der Waals surface area contributed by atoms with Crippen molar-refractivity contribution in [3.8, 4) is 0 Å². The van der Waals surface area contributed by atoms with Gasteiger partial charge >= 0.3 is 0 Å². The molecule has 0 radical (unpaired) electrons. The Hall–Kier alpha value is -1.16. The second-order valence-corrected chi connectivity index (χ2v) is 5.82. The normalized spacial score (nSPS) is 19.3. The standard InChI is InChI=1S/C14H22N4/c1-9(2)14-16-8-12(17-11-5-6-11)13(18-14)7-15-10-3-4-10/h8-11,15,17H,3-7H2,1-2H3. The van der Waals surface area contributed by atoms with E-state index >= 15 is 0 Å². The van der Waals surface area contributed by atoms with E-state index in [9.17, 15) is 0 Å². The summed E-state index contributed by atoms with van der Waals surface area (Å²) in [6.07, 6.45) is 7.15. The maximum atomic E-state index is 4.72. The molecule has 0 saturated heterocycles. The van der Waals surface area contributed by atoms with E-state index in [2.05, 4.69) is 29.5 Å². The molecule has 4 nitrogen and oxygen atoms in total. The number of rotatable bonds is 6. The molecule has 2 saturated carbocycles. The van der Waals surface area contributed by atoms with Gasteiger partial charge in [-0.05, 0) is 25.7 Å². The van der Waals surface area contributed by atoms with Crippen molar-refractivity contribution in [2.24, 2.45) is 0 Å². The van der Waals surface area contributed by atoms with E-state index in [1.807, 2.05) is 6.20 Å². The van der Waals surface area contributed by atoms with Gasteiger partial charge in [-0.3, -0.25) is 0 Å². The fourth-order valence-corrected chi connectivity index (χ4v) is 1.94. The van der Waals surface area contributed by atoms with Crippen LogP contribution in [0.1, 0.15) is 57.0 Å². The predicted molar refractivity (Wildman–Crippen MR) is 72.6 cm³/mol. The molecule has 0 bridgehead atoms. The van der Waals surface area contributed by atoms with Crippen LogP contribution in [0.5, 0.6) is 0 Å². The molecule has 2 aliphatic rings. The average Bonchev–Trinajstić information content (AvgIpc) is 3.22. The quantitative estimate of drug-likeness (QED) is 0.809. The molecule has 98 valence electrons. The van der Waals surface area contributed by atoms with Crippen molar-refractivity contribution in [1.29, 1.82) is 0 Å². The molecule has 0 aromatic carbocycles. The van der Waals surface area contributed by atoms with Crippen LogP contribution in [0.4, 0.5) is 5.69 Å². The molecule has 2 aliphatic carbocycles. The second-order valence-electron chi connectivity index (χ2n) is 5.82. The summed E-state index contributed by atoms with van der Waals surface area (Å²) < 4.78 is 0. The molecule has 4 heteroatoms. The number of anilines is 1. The van der Waals surface area contributed by atoms with E-state index in [1.165, 1.54) is 25.7 Å². The first-order chi connectivity index (χ1) is 8.72. The first-order valence-corrected chi connectivity index (χ1v) is 7.08. The van der Waals surface area contributed by atoms with Gasteiger partial charge in [0.2, 0.25) is 0 Å². The van der Waals surface area contributed by atoms with Gasteiger partial charge < -0.3 is 10.6 Å². The zero-order valence-electron chi connectivity index (χ0n) is 11.2. The summed E-state index contributed by atoms with van der Waals surface area (Å²) in [5.74, 6) is 1.34. The Bertz CT molecular complexity index is 422. The molecule has 0 spiro atoms. The summed E-state index contributed by atoms with van der Waals surface area (Å²) in [5.41, 5.74) is 2.25. The van der Waals surface area contributed by atoms with E-state index in [0.717, 1.165) is 29.8 Å². The minimum absolute atomic E-state index is 0.389. The molecule has 0 atom stereocenters. The molecule has 2 fully saturated rings. The van der Waals surface area contributed by atoms with Gasteiger partial charge in [-0.2, -0.15) is 0 Å². The maximum absolute atomic E-state index is 4.72. The summed E-state index contributed by atoms with van der Waals surface area (Å²) in [4.78, 5) is 9.18. The minimum atomic E-state index is 0.389. The summed E-state index contributed by atoms with van der Waals surface area (Å²) in [6, 6.07) is 1.37. The van der Waals surface area contributed by atoms with Crippen molar-refractivity contribution in [1.82, 2.24) is 15.3 Å². The van der Waals surface area contributed by atoms with E-state index in [1.54, 1.807) is 0 Å². The lowest BCUT2D eigenvalue weighted by Gasteiger charge is -2.13. The first kappa shape index (κ1) is 11.9. The molecular formula is C14H22N4. The molecule has 2 N–H and O–H groups in total.